The Morgan fingerprint density at radius 3 is 2.88 bits per heavy atom. The van der Waals surface area contributed by atoms with Gasteiger partial charge in [-0.2, -0.15) is 4.31 Å². The molecule has 1 unspecified atom stereocenters. The summed E-state index contributed by atoms with van der Waals surface area (Å²) in [5.41, 5.74) is 0. The van der Waals surface area contributed by atoms with E-state index in [-0.39, 0.29) is 18.5 Å². The Hall–Kier alpha value is -0.170. The zero-order valence-electron chi connectivity index (χ0n) is 9.76. The van der Waals surface area contributed by atoms with Crippen LogP contribution in [0.4, 0.5) is 0 Å². The molecule has 0 aromatic heterocycles. The number of rotatable bonds is 5. The van der Waals surface area contributed by atoms with Crippen LogP contribution in [-0.4, -0.2) is 56.0 Å². The molecule has 1 aliphatic rings. The first-order chi connectivity index (χ1) is 7.56. The van der Waals surface area contributed by atoms with Gasteiger partial charge in [0.2, 0.25) is 10.0 Å². The maximum absolute atomic E-state index is 11.9. The van der Waals surface area contributed by atoms with E-state index in [4.69, 9.17) is 9.84 Å². The molecule has 0 bridgehead atoms. The Kier molecular flexibility index (Phi) is 5.68. The summed E-state index contributed by atoms with van der Waals surface area (Å²) in [6.45, 7) is 3.56. The summed E-state index contributed by atoms with van der Waals surface area (Å²) in [6, 6.07) is 0. The third kappa shape index (κ3) is 4.37. The van der Waals surface area contributed by atoms with Crippen LogP contribution in [0.3, 0.4) is 0 Å². The van der Waals surface area contributed by atoms with Gasteiger partial charge in [-0.05, 0) is 26.2 Å². The first kappa shape index (κ1) is 13.9. The lowest BCUT2D eigenvalue weighted by Gasteiger charge is -2.21. The lowest BCUT2D eigenvalue weighted by Crippen LogP contribution is -2.37. The molecule has 0 amide bonds. The molecule has 0 saturated carbocycles. The number of aliphatic hydroxyl groups excluding tert-OH is 1. The van der Waals surface area contributed by atoms with E-state index in [0.717, 1.165) is 6.42 Å². The highest BCUT2D eigenvalue weighted by molar-refractivity contribution is 7.89. The van der Waals surface area contributed by atoms with Crippen molar-refractivity contribution in [3.63, 3.8) is 0 Å². The lowest BCUT2D eigenvalue weighted by molar-refractivity contribution is 0.0752. The highest BCUT2D eigenvalue weighted by Crippen LogP contribution is 2.11. The Balaban J connectivity index is 2.52. The highest BCUT2D eigenvalue weighted by Gasteiger charge is 2.25. The standard InChI is InChI=1S/C10H21NO4S/c1-10-9-11(5-4-7-15-10)16(13,14)8-3-2-6-12/h10,12H,2-9H2,1H3. The maximum atomic E-state index is 11.9. The molecule has 1 heterocycles. The van der Waals surface area contributed by atoms with Crippen LogP contribution in [0.5, 0.6) is 0 Å². The Bertz CT molecular complexity index is 291. The number of sulfonamides is 1. The van der Waals surface area contributed by atoms with Crippen LogP contribution in [0.2, 0.25) is 0 Å². The summed E-state index contributed by atoms with van der Waals surface area (Å²) in [7, 11) is -3.17. The first-order valence-corrected chi connectivity index (χ1v) is 7.37. The molecule has 1 saturated heterocycles. The molecule has 0 radical (unpaired) electrons. The van der Waals surface area contributed by atoms with Gasteiger partial charge in [0.15, 0.2) is 0 Å². The van der Waals surface area contributed by atoms with Crippen LogP contribution in [0, 0.1) is 0 Å². The molecule has 0 aliphatic carbocycles. The van der Waals surface area contributed by atoms with Crippen molar-refractivity contribution in [2.45, 2.75) is 32.3 Å². The van der Waals surface area contributed by atoms with Gasteiger partial charge in [0, 0.05) is 26.3 Å². The van der Waals surface area contributed by atoms with Gasteiger partial charge in [0.05, 0.1) is 11.9 Å². The molecule has 1 N–H and O–H groups in total. The topological polar surface area (TPSA) is 66.8 Å². The summed E-state index contributed by atoms with van der Waals surface area (Å²) in [6.07, 6.45) is 1.78. The molecule has 1 fully saturated rings. The van der Waals surface area contributed by atoms with Crippen molar-refractivity contribution in [1.29, 1.82) is 0 Å². The van der Waals surface area contributed by atoms with Crippen molar-refractivity contribution in [2.24, 2.45) is 0 Å². The lowest BCUT2D eigenvalue weighted by atomic mass is 10.4. The fourth-order valence-electron chi connectivity index (χ4n) is 1.73. The summed E-state index contributed by atoms with van der Waals surface area (Å²) in [5.74, 6) is 0.125. The number of nitrogens with zero attached hydrogens (tertiary/aromatic N) is 1. The van der Waals surface area contributed by atoms with Crippen LogP contribution in [0.25, 0.3) is 0 Å². The van der Waals surface area contributed by atoms with Gasteiger partial charge in [-0.1, -0.05) is 0 Å². The molecule has 0 aromatic carbocycles. The molecule has 1 rings (SSSR count). The van der Waals surface area contributed by atoms with Gasteiger partial charge < -0.3 is 9.84 Å². The summed E-state index contributed by atoms with van der Waals surface area (Å²) in [5, 5.41) is 8.63. The third-order valence-electron chi connectivity index (χ3n) is 2.62. The van der Waals surface area contributed by atoms with E-state index in [1.807, 2.05) is 6.92 Å². The average molecular weight is 251 g/mol. The molecule has 6 heteroatoms. The van der Waals surface area contributed by atoms with Gasteiger partial charge >= 0.3 is 0 Å². The Morgan fingerprint density at radius 1 is 1.44 bits per heavy atom. The van der Waals surface area contributed by atoms with Crippen molar-refractivity contribution >= 4 is 10.0 Å². The molecule has 16 heavy (non-hydrogen) atoms. The van der Waals surface area contributed by atoms with Crippen molar-refractivity contribution in [3.8, 4) is 0 Å². The minimum Gasteiger partial charge on any atom is -0.396 e. The SMILES string of the molecule is CC1CN(S(=O)(=O)CCCCO)CCCO1. The highest BCUT2D eigenvalue weighted by atomic mass is 32.2. The maximum Gasteiger partial charge on any atom is 0.214 e. The Morgan fingerprint density at radius 2 is 2.19 bits per heavy atom. The van der Waals surface area contributed by atoms with E-state index < -0.39 is 10.0 Å². The van der Waals surface area contributed by atoms with Crippen molar-refractivity contribution in [3.05, 3.63) is 0 Å². The number of hydrogen-bond donors (Lipinski definition) is 1. The molecule has 0 spiro atoms. The molecular weight excluding hydrogens is 230 g/mol. The minimum absolute atomic E-state index is 0.0323. The Labute approximate surface area is 97.4 Å². The van der Waals surface area contributed by atoms with Gasteiger partial charge in [-0.15, -0.1) is 0 Å². The number of ether oxygens (including phenoxy) is 1. The van der Waals surface area contributed by atoms with E-state index in [1.54, 1.807) is 0 Å². The molecule has 5 nitrogen and oxygen atoms in total. The predicted octanol–water partition coefficient (Wildman–Crippen LogP) is 0.200. The second-order valence-electron chi connectivity index (χ2n) is 4.14. The van der Waals surface area contributed by atoms with E-state index in [2.05, 4.69) is 0 Å². The van der Waals surface area contributed by atoms with Gasteiger partial charge in [0.1, 0.15) is 0 Å². The van der Waals surface area contributed by atoms with Crippen LogP contribution < -0.4 is 0 Å². The monoisotopic (exact) mass is 251 g/mol. The smallest absolute Gasteiger partial charge is 0.214 e. The molecule has 0 aromatic rings. The molecule has 1 aliphatic heterocycles. The molecular formula is C10H21NO4S. The van der Waals surface area contributed by atoms with Crippen LogP contribution in [0.15, 0.2) is 0 Å². The zero-order valence-corrected chi connectivity index (χ0v) is 10.6. The largest absolute Gasteiger partial charge is 0.396 e. The second kappa shape index (κ2) is 6.54. The van der Waals surface area contributed by atoms with Gasteiger partial charge in [-0.25, -0.2) is 8.42 Å². The van der Waals surface area contributed by atoms with Crippen LogP contribution in [-0.2, 0) is 14.8 Å². The van der Waals surface area contributed by atoms with Crippen molar-refractivity contribution in [1.82, 2.24) is 4.31 Å². The molecule has 96 valence electrons. The predicted molar refractivity (Wildman–Crippen MR) is 61.7 cm³/mol. The normalized spacial score (nSPS) is 24.2. The van der Waals surface area contributed by atoms with E-state index in [0.29, 0.717) is 32.5 Å². The number of unbranched alkanes of at least 4 members (excludes halogenated alkanes) is 1. The first-order valence-electron chi connectivity index (χ1n) is 5.76. The summed E-state index contributed by atoms with van der Waals surface area (Å²) < 4.78 is 30.8. The summed E-state index contributed by atoms with van der Waals surface area (Å²) >= 11 is 0. The average Bonchev–Trinajstić information content (AvgIpc) is 2.43. The van der Waals surface area contributed by atoms with E-state index in [9.17, 15) is 8.42 Å². The van der Waals surface area contributed by atoms with Crippen molar-refractivity contribution in [2.75, 3.05) is 32.1 Å². The van der Waals surface area contributed by atoms with E-state index >= 15 is 0 Å². The fourth-order valence-corrected chi connectivity index (χ4v) is 3.41. The zero-order chi connectivity index (χ0) is 12.0. The van der Waals surface area contributed by atoms with Crippen LogP contribution >= 0.6 is 0 Å². The summed E-state index contributed by atoms with van der Waals surface area (Å²) in [4.78, 5) is 0. The van der Waals surface area contributed by atoms with Crippen molar-refractivity contribution < 1.29 is 18.3 Å². The second-order valence-corrected chi connectivity index (χ2v) is 6.23. The number of hydrogen-bond acceptors (Lipinski definition) is 4. The van der Waals surface area contributed by atoms with Crippen LogP contribution in [0.1, 0.15) is 26.2 Å². The third-order valence-corrected chi connectivity index (χ3v) is 4.54. The molecule has 1 atom stereocenters. The number of aliphatic hydroxyl groups is 1. The fraction of sp³-hybridized carbons (Fsp3) is 1.00. The van der Waals surface area contributed by atoms with E-state index in [1.165, 1.54) is 4.31 Å². The minimum atomic E-state index is -3.17. The quantitative estimate of drug-likeness (QED) is 0.709. The van der Waals surface area contributed by atoms with Gasteiger partial charge in [0.25, 0.3) is 0 Å². The van der Waals surface area contributed by atoms with Gasteiger partial charge in [-0.3, -0.25) is 0 Å².